The number of benzene rings is 2. The Bertz CT molecular complexity index is 1130. The van der Waals surface area contributed by atoms with E-state index < -0.39 is 0 Å². The van der Waals surface area contributed by atoms with Crippen LogP contribution in [0.5, 0.6) is 11.5 Å². The topological polar surface area (TPSA) is 111 Å². The van der Waals surface area contributed by atoms with Gasteiger partial charge in [-0.2, -0.15) is 0 Å². The highest BCUT2D eigenvalue weighted by atomic mass is 16.5. The standard InChI is InChI=1S/C36H51NO7/c1-3-4-5-15-20-31(44-36(41)26-29-18-13-12-14-19-29)21-16-10-8-6-7-9-11-17-22-35(40)43-28-34(39)37-27-30-23-24-32(38)33(25-30)42-2/h10,12-14,16,18-19,23-25,31,38H,3-9,11,15,17,20-22,26-28H2,1-2H3,(H,37,39)/b16-10-/t31-/m1/s1. The minimum atomic E-state index is -0.383. The quantitative estimate of drug-likeness (QED) is 0.0769. The molecule has 0 aliphatic heterocycles. The second-order valence-electron chi connectivity index (χ2n) is 11.1. The van der Waals surface area contributed by atoms with Crippen LogP contribution in [0.2, 0.25) is 0 Å². The summed E-state index contributed by atoms with van der Waals surface area (Å²) in [7, 11) is 1.46. The van der Waals surface area contributed by atoms with Crippen LogP contribution in [0.3, 0.4) is 0 Å². The van der Waals surface area contributed by atoms with Crippen molar-refractivity contribution >= 4 is 17.8 Å². The van der Waals surface area contributed by atoms with E-state index in [1.54, 1.807) is 12.1 Å². The Hall–Kier alpha value is -3.81. The number of carbonyl (C=O) groups is 3. The number of carbonyl (C=O) groups excluding carboxylic acids is 3. The van der Waals surface area contributed by atoms with Gasteiger partial charge in [-0.15, -0.1) is 0 Å². The number of phenolic OH excluding ortho intramolecular Hbond substituents is 1. The molecule has 2 aromatic carbocycles. The Balaban J connectivity index is 1.52. The van der Waals surface area contributed by atoms with Gasteiger partial charge >= 0.3 is 11.9 Å². The monoisotopic (exact) mass is 609 g/mol. The lowest BCUT2D eigenvalue weighted by Gasteiger charge is -2.16. The lowest BCUT2D eigenvalue weighted by Crippen LogP contribution is -2.28. The lowest BCUT2D eigenvalue weighted by atomic mass is 10.1. The summed E-state index contributed by atoms with van der Waals surface area (Å²) in [5, 5.41) is 12.3. The molecule has 0 spiro atoms. The molecule has 0 aliphatic rings. The summed E-state index contributed by atoms with van der Waals surface area (Å²) >= 11 is 0. The Morgan fingerprint density at radius 1 is 0.864 bits per heavy atom. The van der Waals surface area contributed by atoms with Gasteiger partial charge in [0, 0.05) is 19.4 Å². The smallest absolute Gasteiger partial charge is 0.310 e. The summed E-state index contributed by atoms with van der Waals surface area (Å²) in [4.78, 5) is 36.4. The minimum absolute atomic E-state index is 0.0289. The molecule has 0 heterocycles. The van der Waals surface area contributed by atoms with Gasteiger partial charge in [0.25, 0.3) is 5.91 Å². The fraction of sp³-hybridized carbons (Fsp3) is 0.528. The average Bonchev–Trinajstić information content (AvgIpc) is 3.02. The zero-order valence-corrected chi connectivity index (χ0v) is 26.6. The number of allylic oxidation sites excluding steroid dienone is 1. The molecular formula is C36H51NO7. The Kier molecular flexibility index (Phi) is 18.8. The maximum Gasteiger partial charge on any atom is 0.310 e. The molecule has 0 radical (unpaired) electrons. The van der Waals surface area contributed by atoms with Crippen LogP contribution in [-0.4, -0.2) is 42.8 Å². The van der Waals surface area contributed by atoms with Crippen molar-refractivity contribution in [1.29, 1.82) is 0 Å². The molecule has 1 amide bonds. The van der Waals surface area contributed by atoms with Crippen LogP contribution in [0.1, 0.15) is 102 Å². The maximum absolute atomic E-state index is 12.5. The zero-order chi connectivity index (χ0) is 31.8. The van der Waals surface area contributed by atoms with Gasteiger partial charge in [0.05, 0.1) is 13.5 Å². The van der Waals surface area contributed by atoms with Crippen LogP contribution >= 0.6 is 0 Å². The normalized spacial score (nSPS) is 11.7. The highest BCUT2D eigenvalue weighted by Gasteiger charge is 2.14. The number of phenols is 1. The molecule has 1 atom stereocenters. The van der Waals surface area contributed by atoms with Gasteiger partial charge < -0.3 is 24.6 Å². The van der Waals surface area contributed by atoms with E-state index in [0.29, 0.717) is 18.6 Å². The van der Waals surface area contributed by atoms with Gasteiger partial charge in [-0.25, -0.2) is 0 Å². The van der Waals surface area contributed by atoms with Crippen molar-refractivity contribution in [2.24, 2.45) is 0 Å². The summed E-state index contributed by atoms with van der Waals surface area (Å²) in [6.07, 6.45) is 17.0. The first kappa shape index (κ1) is 36.4. The largest absolute Gasteiger partial charge is 0.504 e. The summed E-state index contributed by atoms with van der Waals surface area (Å²) in [5.74, 6) is -0.559. The Labute approximate surface area is 263 Å². The number of amides is 1. The van der Waals surface area contributed by atoms with Crippen LogP contribution in [0.4, 0.5) is 0 Å². The highest BCUT2D eigenvalue weighted by molar-refractivity contribution is 5.80. The fourth-order valence-corrected chi connectivity index (χ4v) is 4.74. The summed E-state index contributed by atoms with van der Waals surface area (Å²) in [6.45, 7) is 2.12. The number of unbranched alkanes of at least 4 members (excludes halogenated alkanes) is 8. The molecule has 0 aliphatic carbocycles. The van der Waals surface area contributed by atoms with E-state index in [0.717, 1.165) is 68.9 Å². The third-order valence-electron chi connectivity index (χ3n) is 7.28. The van der Waals surface area contributed by atoms with Crippen LogP contribution < -0.4 is 10.1 Å². The van der Waals surface area contributed by atoms with E-state index >= 15 is 0 Å². The molecule has 2 N–H and O–H groups in total. The van der Waals surface area contributed by atoms with E-state index in [1.807, 2.05) is 30.3 Å². The average molecular weight is 610 g/mol. The van der Waals surface area contributed by atoms with Crippen LogP contribution in [0.15, 0.2) is 60.7 Å². The number of methoxy groups -OCH3 is 1. The second kappa shape index (κ2) is 22.7. The predicted molar refractivity (Wildman–Crippen MR) is 172 cm³/mol. The van der Waals surface area contributed by atoms with E-state index in [-0.39, 0.29) is 42.9 Å². The second-order valence-corrected chi connectivity index (χ2v) is 11.1. The number of nitrogens with one attached hydrogen (secondary N) is 1. The maximum atomic E-state index is 12.5. The number of hydrogen-bond donors (Lipinski definition) is 2. The van der Waals surface area contributed by atoms with Crippen LogP contribution in [0.25, 0.3) is 0 Å². The first-order valence-electron chi connectivity index (χ1n) is 16.1. The summed E-state index contributed by atoms with van der Waals surface area (Å²) in [5.41, 5.74) is 1.74. The van der Waals surface area contributed by atoms with Gasteiger partial charge in [-0.1, -0.05) is 94.0 Å². The van der Waals surface area contributed by atoms with Gasteiger partial charge in [0.2, 0.25) is 0 Å². The summed E-state index contributed by atoms with van der Waals surface area (Å²) < 4.78 is 16.0. The Morgan fingerprint density at radius 2 is 1.61 bits per heavy atom. The molecule has 44 heavy (non-hydrogen) atoms. The Morgan fingerprint density at radius 3 is 2.39 bits per heavy atom. The van der Waals surface area contributed by atoms with E-state index in [1.165, 1.54) is 32.4 Å². The number of esters is 2. The number of hydrogen-bond acceptors (Lipinski definition) is 7. The molecule has 0 saturated heterocycles. The fourth-order valence-electron chi connectivity index (χ4n) is 4.74. The SMILES string of the molecule is CCCCCC[C@H](C/C=C\CCCCCCCC(=O)OCC(=O)NCc1ccc(O)c(OC)c1)OC(=O)Cc1ccccc1. The minimum Gasteiger partial charge on any atom is -0.504 e. The van der Waals surface area contributed by atoms with Crippen molar-refractivity contribution in [2.45, 2.75) is 109 Å². The molecule has 0 saturated carbocycles. The zero-order valence-electron chi connectivity index (χ0n) is 26.6. The van der Waals surface area contributed by atoms with Crippen molar-refractivity contribution in [3.8, 4) is 11.5 Å². The third kappa shape index (κ3) is 16.7. The van der Waals surface area contributed by atoms with Gasteiger partial charge in [-0.05, 0) is 55.4 Å². The van der Waals surface area contributed by atoms with Crippen molar-refractivity contribution in [3.05, 3.63) is 71.8 Å². The molecule has 0 fully saturated rings. The molecule has 0 aromatic heterocycles. The van der Waals surface area contributed by atoms with E-state index in [2.05, 4.69) is 24.4 Å². The first-order valence-corrected chi connectivity index (χ1v) is 16.1. The third-order valence-corrected chi connectivity index (χ3v) is 7.28. The van der Waals surface area contributed by atoms with Crippen molar-refractivity contribution in [2.75, 3.05) is 13.7 Å². The molecule has 0 bridgehead atoms. The highest BCUT2D eigenvalue weighted by Crippen LogP contribution is 2.26. The number of aromatic hydroxyl groups is 1. The summed E-state index contributed by atoms with van der Waals surface area (Å²) in [6, 6.07) is 14.5. The van der Waals surface area contributed by atoms with Crippen molar-refractivity contribution < 1.29 is 33.7 Å². The molecule has 8 heteroatoms. The van der Waals surface area contributed by atoms with E-state index in [4.69, 9.17) is 14.2 Å². The van der Waals surface area contributed by atoms with Crippen molar-refractivity contribution in [1.82, 2.24) is 5.32 Å². The van der Waals surface area contributed by atoms with Crippen molar-refractivity contribution in [3.63, 3.8) is 0 Å². The van der Waals surface area contributed by atoms with Gasteiger partial charge in [0.15, 0.2) is 18.1 Å². The van der Waals surface area contributed by atoms with Gasteiger partial charge in [0.1, 0.15) is 6.10 Å². The number of rotatable bonds is 23. The number of ether oxygens (including phenoxy) is 3. The van der Waals surface area contributed by atoms with Crippen LogP contribution in [0, 0.1) is 0 Å². The molecular weight excluding hydrogens is 558 g/mol. The van der Waals surface area contributed by atoms with E-state index in [9.17, 15) is 19.5 Å². The molecule has 2 rings (SSSR count). The molecule has 2 aromatic rings. The van der Waals surface area contributed by atoms with Gasteiger partial charge in [-0.3, -0.25) is 14.4 Å². The lowest BCUT2D eigenvalue weighted by molar-refractivity contribution is -0.149. The molecule has 242 valence electrons. The molecule has 8 nitrogen and oxygen atoms in total. The van der Waals surface area contributed by atoms with Crippen LogP contribution in [-0.2, 0) is 36.8 Å². The first-order chi connectivity index (χ1) is 21.4. The molecule has 0 unspecified atom stereocenters. The predicted octanol–water partition coefficient (Wildman–Crippen LogP) is 7.36.